The number of ether oxygens (including phenoxy) is 3. The van der Waals surface area contributed by atoms with Gasteiger partial charge in [0, 0.05) is 27.1 Å². The van der Waals surface area contributed by atoms with Crippen LogP contribution >= 0.6 is 22.9 Å². The van der Waals surface area contributed by atoms with Gasteiger partial charge in [-0.3, -0.25) is 9.59 Å². The number of carbonyl (C=O) groups is 3. The fourth-order valence-electron chi connectivity index (χ4n) is 2.94. The molecule has 1 amide bonds. The maximum Gasteiger partial charge on any atom is 0.341 e. The zero-order chi connectivity index (χ0) is 23.3. The average molecular weight is 474 g/mol. The van der Waals surface area contributed by atoms with E-state index in [-0.39, 0.29) is 18.0 Å². The van der Waals surface area contributed by atoms with Crippen LogP contribution in [0.15, 0.2) is 47.8 Å². The average Bonchev–Trinajstić information content (AvgIpc) is 3.20. The van der Waals surface area contributed by atoms with E-state index in [1.807, 2.05) is 0 Å². The summed E-state index contributed by atoms with van der Waals surface area (Å²) in [5, 5.41) is 5.21. The van der Waals surface area contributed by atoms with Gasteiger partial charge in [-0.1, -0.05) is 29.8 Å². The molecule has 0 fully saturated rings. The summed E-state index contributed by atoms with van der Waals surface area (Å²) in [4.78, 5) is 36.5. The molecular weight excluding hydrogens is 454 g/mol. The summed E-state index contributed by atoms with van der Waals surface area (Å²) in [6.07, 6.45) is 0. The molecule has 0 aliphatic heterocycles. The number of ketones is 1. The molecule has 32 heavy (non-hydrogen) atoms. The summed E-state index contributed by atoms with van der Waals surface area (Å²) in [5.41, 5.74) is 1.89. The van der Waals surface area contributed by atoms with Crippen LogP contribution in [0.2, 0.25) is 5.02 Å². The Morgan fingerprint density at radius 1 is 1.03 bits per heavy atom. The van der Waals surface area contributed by atoms with Crippen LogP contribution in [0.3, 0.4) is 0 Å². The number of benzene rings is 2. The van der Waals surface area contributed by atoms with E-state index in [4.69, 9.17) is 25.8 Å². The fourth-order valence-corrected chi connectivity index (χ4v) is 4.15. The molecule has 1 heterocycles. The van der Waals surface area contributed by atoms with Crippen molar-refractivity contribution in [1.82, 2.24) is 0 Å². The van der Waals surface area contributed by atoms with Gasteiger partial charge in [0.1, 0.15) is 10.6 Å². The summed E-state index contributed by atoms with van der Waals surface area (Å²) in [5.74, 6) is -0.559. The van der Waals surface area contributed by atoms with Crippen LogP contribution in [0.4, 0.5) is 5.00 Å². The number of hydrogen-bond acceptors (Lipinski definition) is 7. The van der Waals surface area contributed by atoms with Crippen LogP contribution in [0.1, 0.15) is 27.6 Å². The number of rotatable bonds is 8. The minimum atomic E-state index is -0.598. The van der Waals surface area contributed by atoms with Crippen molar-refractivity contribution in [1.29, 1.82) is 0 Å². The Kier molecular flexibility index (Phi) is 7.50. The first-order chi connectivity index (χ1) is 15.3. The van der Waals surface area contributed by atoms with Gasteiger partial charge in [0.25, 0.3) is 5.91 Å². The van der Waals surface area contributed by atoms with Gasteiger partial charge in [-0.2, -0.15) is 0 Å². The van der Waals surface area contributed by atoms with E-state index in [0.717, 1.165) is 0 Å². The van der Waals surface area contributed by atoms with E-state index in [1.54, 1.807) is 47.8 Å². The Hall–Kier alpha value is -3.36. The molecule has 9 heteroatoms. The minimum absolute atomic E-state index is 0.116. The molecule has 0 unspecified atom stereocenters. The van der Waals surface area contributed by atoms with Gasteiger partial charge >= 0.3 is 5.97 Å². The number of esters is 1. The quantitative estimate of drug-likeness (QED) is 0.362. The Balaban J connectivity index is 1.79. The van der Waals surface area contributed by atoms with Crippen molar-refractivity contribution in [2.75, 3.05) is 26.1 Å². The molecule has 0 atom stereocenters. The Morgan fingerprint density at radius 3 is 2.44 bits per heavy atom. The molecule has 0 bridgehead atoms. The van der Waals surface area contributed by atoms with Crippen molar-refractivity contribution in [3.8, 4) is 22.6 Å². The smallest absolute Gasteiger partial charge is 0.341 e. The van der Waals surface area contributed by atoms with E-state index in [9.17, 15) is 14.4 Å². The third-order valence-electron chi connectivity index (χ3n) is 4.53. The third kappa shape index (κ3) is 5.09. The molecule has 2 aromatic carbocycles. The summed E-state index contributed by atoms with van der Waals surface area (Å²) in [6, 6.07) is 11.8. The molecule has 0 spiro atoms. The largest absolute Gasteiger partial charge is 0.493 e. The molecule has 0 aliphatic carbocycles. The van der Waals surface area contributed by atoms with Gasteiger partial charge in [-0.15, -0.1) is 11.3 Å². The lowest BCUT2D eigenvalue weighted by Gasteiger charge is -2.12. The van der Waals surface area contributed by atoms with Crippen molar-refractivity contribution < 1.29 is 28.6 Å². The highest BCUT2D eigenvalue weighted by Gasteiger charge is 2.23. The lowest BCUT2D eigenvalue weighted by Crippen LogP contribution is -2.21. The molecule has 3 aromatic rings. The second-order valence-electron chi connectivity index (χ2n) is 6.58. The standard InChI is InChI=1S/C23H20ClNO6S/c1-13(26)14-8-9-18(19(10-14)29-2)31-11-20(27)25-22-21(23(28)30-3)16(12-32-22)15-6-4-5-7-17(15)24/h4-10,12H,11H2,1-3H3,(H,25,27). The predicted molar refractivity (Wildman–Crippen MR) is 123 cm³/mol. The minimum Gasteiger partial charge on any atom is -0.493 e. The van der Waals surface area contributed by atoms with Crippen molar-refractivity contribution in [2.45, 2.75) is 6.92 Å². The Labute approximate surface area is 193 Å². The van der Waals surface area contributed by atoms with E-state index >= 15 is 0 Å². The molecule has 3 rings (SSSR count). The summed E-state index contributed by atoms with van der Waals surface area (Å²) >= 11 is 7.46. The molecule has 1 aromatic heterocycles. The van der Waals surface area contributed by atoms with Gasteiger partial charge < -0.3 is 19.5 Å². The van der Waals surface area contributed by atoms with Gasteiger partial charge in [0.15, 0.2) is 23.9 Å². The molecule has 1 N–H and O–H groups in total. The maximum absolute atomic E-state index is 12.5. The Morgan fingerprint density at radius 2 is 1.78 bits per heavy atom. The van der Waals surface area contributed by atoms with E-state index in [0.29, 0.717) is 38.2 Å². The number of anilines is 1. The highest BCUT2D eigenvalue weighted by molar-refractivity contribution is 7.15. The lowest BCUT2D eigenvalue weighted by molar-refractivity contribution is -0.118. The number of carbonyl (C=O) groups excluding carboxylic acids is 3. The van der Waals surface area contributed by atoms with Crippen molar-refractivity contribution in [2.24, 2.45) is 0 Å². The number of nitrogens with one attached hydrogen (secondary N) is 1. The van der Waals surface area contributed by atoms with Crippen LogP contribution < -0.4 is 14.8 Å². The zero-order valence-electron chi connectivity index (χ0n) is 17.6. The van der Waals surface area contributed by atoms with Crippen LogP contribution in [0.5, 0.6) is 11.5 Å². The predicted octanol–water partition coefficient (Wildman–Crippen LogP) is 5.08. The summed E-state index contributed by atoms with van der Waals surface area (Å²) < 4.78 is 15.7. The van der Waals surface area contributed by atoms with Gasteiger partial charge in [-0.25, -0.2) is 4.79 Å². The molecule has 0 radical (unpaired) electrons. The zero-order valence-corrected chi connectivity index (χ0v) is 19.1. The molecule has 166 valence electrons. The number of Topliss-reactive ketones (excluding diaryl/α,β-unsaturated/α-hetero) is 1. The van der Waals surface area contributed by atoms with Gasteiger partial charge in [-0.05, 0) is 31.2 Å². The van der Waals surface area contributed by atoms with Crippen molar-refractivity contribution in [3.05, 3.63) is 64.0 Å². The van der Waals surface area contributed by atoms with Gasteiger partial charge in [0.2, 0.25) is 0 Å². The molecular formula is C23H20ClNO6S. The van der Waals surface area contributed by atoms with Crippen molar-refractivity contribution >= 4 is 45.6 Å². The summed E-state index contributed by atoms with van der Waals surface area (Å²) in [7, 11) is 2.71. The highest BCUT2D eigenvalue weighted by Crippen LogP contribution is 2.39. The van der Waals surface area contributed by atoms with Crippen LogP contribution in [-0.4, -0.2) is 38.5 Å². The van der Waals surface area contributed by atoms with Crippen LogP contribution in [0, 0.1) is 0 Å². The van der Waals surface area contributed by atoms with E-state index in [1.165, 1.54) is 32.5 Å². The monoisotopic (exact) mass is 473 g/mol. The number of halogens is 1. The second-order valence-corrected chi connectivity index (χ2v) is 7.87. The molecule has 0 saturated heterocycles. The topological polar surface area (TPSA) is 90.9 Å². The number of thiophene rings is 1. The third-order valence-corrected chi connectivity index (χ3v) is 5.75. The van der Waals surface area contributed by atoms with E-state index < -0.39 is 11.9 Å². The number of amides is 1. The Bertz CT molecular complexity index is 1170. The second kappa shape index (κ2) is 10.3. The fraction of sp³-hybridized carbons (Fsp3) is 0.174. The SMILES string of the molecule is COC(=O)c1c(-c2ccccc2Cl)csc1NC(=O)COc1ccc(C(C)=O)cc1OC. The van der Waals surface area contributed by atoms with E-state index in [2.05, 4.69) is 5.32 Å². The first-order valence-electron chi connectivity index (χ1n) is 9.42. The number of methoxy groups -OCH3 is 2. The van der Waals surface area contributed by atoms with Crippen LogP contribution in [0.25, 0.3) is 11.1 Å². The van der Waals surface area contributed by atoms with Crippen molar-refractivity contribution in [3.63, 3.8) is 0 Å². The molecule has 0 saturated carbocycles. The summed E-state index contributed by atoms with van der Waals surface area (Å²) in [6.45, 7) is 1.11. The normalized spacial score (nSPS) is 10.4. The highest BCUT2D eigenvalue weighted by atomic mass is 35.5. The van der Waals surface area contributed by atoms with Gasteiger partial charge in [0.05, 0.1) is 14.2 Å². The maximum atomic E-state index is 12.5. The first-order valence-corrected chi connectivity index (χ1v) is 10.7. The molecule has 7 nitrogen and oxygen atoms in total. The lowest BCUT2D eigenvalue weighted by atomic mass is 10.0. The van der Waals surface area contributed by atoms with Crippen LogP contribution in [-0.2, 0) is 9.53 Å². The first kappa shape index (κ1) is 23.3. The molecule has 0 aliphatic rings. The number of hydrogen-bond donors (Lipinski definition) is 1.